The Hall–Kier alpha value is -2.87. The van der Waals surface area contributed by atoms with Crippen molar-refractivity contribution in [3.63, 3.8) is 0 Å². The number of aromatic hydroxyl groups is 1. The number of carbonyl (C=O) groups excluding carboxylic acids is 1. The van der Waals surface area contributed by atoms with Crippen LogP contribution in [0.5, 0.6) is 5.75 Å². The number of carbonyl (C=O) groups is 1. The van der Waals surface area contributed by atoms with Gasteiger partial charge in [0.15, 0.2) is 5.69 Å². The minimum atomic E-state index is -0.540. The van der Waals surface area contributed by atoms with E-state index >= 15 is 0 Å². The van der Waals surface area contributed by atoms with E-state index in [1.807, 2.05) is 4.90 Å². The van der Waals surface area contributed by atoms with E-state index in [1.165, 1.54) is 24.5 Å². The second-order valence-corrected chi connectivity index (χ2v) is 5.17. The molecule has 0 unspecified atom stereocenters. The number of pyridine rings is 2. The molecule has 3 rings (SSSR count). The number of nitrogens with zero attached hydrogens (tertiary/aromatic N) is 2. The Kier molecular flexibility index (Phi) is 4.24. The third-order valence-corrected chi connectivity index (χ3v) is 3.60. The molecular formula is C15H17N5O3. The fourth-order valence-electron chi connectivity index (χ4n) is 2.45. The van der Waals surface area contributed by atoms with Crippen LogP contribution in [0.3, 0.4) is 0 Å². The number of hydrogen-bond acceptors (Lipinski definition) is 6. The third kappa shape index (κ3) is 3.32. The summed E-state index contributed by atoms with van der Waals surface area (Å²) in [5.74, 6) is -0.738. The Balaban J connectivity index is 1.82. The highest BCUT2D eigenvalue weighted by molar-refractivity contribution is 6.04. The van der Waals surface area contributed by atoms with Crippen molar-refractivity contribution in [1.82, 2.24) is 15.3 Å². The van der Waals surface area contributed by atoms with Crippen molar-refractivity contribution in [2.45, 2.75) is 0 Å². The zero-order valence-corrected chi connectivity index (χ0v) is 12.4. The van der Waals surface area contributed by atoms with E-state index in [1.54, 1.807) is 6.07 Å². The molecule has 0 atom stereocenters. The minimum absolute atomic E-state index is 0.0672. The maximum atomic E-state index is 12.2. The average molecular weight is 315 g/mol. The molecule has 8 nitrogen and oxygen atoms in total. The van der Waals surface area contributed by atoms with Gasteiger partial charge >= 0.3 is 0 Å². The van der Waals surface area contributed by atoms with Crippen LogP contribution in [0.25, 0.3) is 0 Å². The molecule has 0 aliphatic carbocycles. The van der Waals surface area contributed by atoms with Gasteiger partial charge < -0.3 is 25.6 Å². The lowest BCUT2D eigenvalue weighted by Gasteiger charge is -2.28. The summed E-state index contributed by atoms with van der Waals surface area (Å²) in [6, 6.07) is 4.55. The molecule has 0 saturated carbocycles. The van der Waals surface area contributed by atoms with Gasteiger partial charge in [0, 0.05) is 38.6 Å². The molecule has 0 bridgehead atoms. The zero-order valence-electron chi connectivity index (χ0n) is 12.4. The van der Waals surface area contributed by atoms with Crippen LogP contribution in [0.1, 0.15) is 10.5 Å². The molecule has 8 heteroatoms. The predicted molar refractivity (Wildman–Crippen MR) is 86.0 cm³/mol. The summed E-state index contributed by atoms with van der Waals surface area (Å²) in [5.41, 5.74) is 0.677. The molecule has 0 radical (unpaired) electrons. The molecule has 2 aromatic rings. The number of H-pyrrole nitrogens is 1. The Labute approximate surface area is 132 Å². The lowest BCUT2D eigenvalue weighted by Crippen LogP contribution is -2.45. The van der Waals surface area contributed by atoms with Crippen molar-refractivity contribution in [3.05, 3.63) is 46.6 Å². The molecule has 0 spiro atoms. The van der Waals surface area contributed by atoms with E-state index in [-0.39, 0.29) is 17.0 Å². The molecule has 3 heterocycles. The van der Waals surface area contributed by atoms with Crippen molar-refractivity contribution < 1.29 is 9.90 Å². The van der Waals surface area contributed by atoms with E-state index < -0.39 is 5.91 Å². The summed E-state index contributed by atoms with van der Waals surface area (Å²) in [6.45, 7) is 3.05. The second kappa shape index (κ2) is 6.49. The average Bonchev–Trinajstić information content (AvgIpc) is 2.57. The van der Waals surface area contributed by atoms with Crippen molar-refractivity contribution in [1.29, 1.82) is 0 Å². The van der Waals surface area contributed by atoms with Crippen molar-refractivity contribution >= 4 is 17.3 Å². The Morgan fingerprint density at radius 1 is 1.35 bits per heavy atom. The van der Waals surface area contributed by atoms with Gasteiger partial charge in [-0.2, -0.15) is 0 Å². The van der Waals surface area contributed by atoms with Gasteiger partial charge in [0.25, 0.3) is 11.5 Å². The lowest BCUT2D eigenvalue weighted by atomic mass is 10.2. The standard InChI is InChI=1S/C15H17N5O3/c21-12-2-1-3-17-13(12)15(23)19-10-8-11(14(22)18-9-10)20-6-4-16-5-7-20/h1-3,8-9,16,21H,4-7H2,(H,18,22)(H,19,23). The highest BCUT2D eigenvalue weighted by atomic mass is 16.3. The van der Waals surface area contributed by atoms with Crippen molar-refractivity contribution in [2.75, 3.05) is 36.4 Å². The summed E-state index contributed by atoms with van der Waals surface area (Å²) in [7, 11) is 0. The van der Waals surface area contributed by atoms with Crippen LogP contribution in [0.15, 0.2) is 35.4 Å². The summed E-state index contributed by atoms with van der Waals surface area (Å²) < 4.78 is 0. The summed E-state index contributed by atoms with van der Waals surface area (Å²) in [5, 5.41) is 15.5. The first kappa shape index (κ1) is 15.0. The predicted octanol–water partition coefficient (Wildman–Crippen LogP) is 0.137. The molecule has 1 saturated heterocycles. The fraction of sp³-hybridized carbons (Fsp3) is 0.267. The molecule has 4 N–H and O–H groups in total. The van der Waals surface area contributed by atoms with E-state index in [4.69, 9.17) is 0 Å². The number of aromatic amines is 1. The van der Waals surface area contributed by atoms with Crippen LogP contribution in [0.2, 0.25) is 0 Å². The van der Waals surface area contributed by atoms with E-state index in [2.05, 4.69) is 20.6 Å². The van der Waals surface area contributed by atoms with Crippen LogP contribution in [0, 0.1) is 0 Å². The van der Waals surface area contributed by atoms with Crippen LogP contribution in [-0.2, 0) is 0 Å². The monoisotopic (exact) mass is 315 g/mol. The van der Waals surface area contributed by atoms with Gasteiger partial charge in [0.2, 0.25) is 0 Å². The molecule has 1 aliphatic rings. The molecule has 1 amide bonds. The van der Waals surface area contributed by atoms with Gasteiger partial charge in [0.05, 0.1) is 5.69 Å². The highest BCUT2D eigenvalue weighted by Crippen LogP contribution is 2.17. The lowest BCUT2D eigenvalue weighted by molar-refractivity contribution is 0.101. The van der Waals surface area contributed by atoms with Crippen LogP contribution in [-0.4, -0.2) is 47.2 Å². The van der Waals surface area contributed by atoms with E-state index in [0.717, 1.165) is 26.2 Å². The van der Waals surface area contributed by atoms with Crippen LogP contribution >= 0.6 is 0 Å². The van der Waals surface area contributed by atoms with E-state index in [9.17, 15) is 14.7 Å². The molecule has 1 aliphatic heterocycles. The number of amides is 1. The number of anilines is 2. The van der Waals surface area contributed by atoms with Gasteiger partial charge in [-0.3, -0.25) is 9.59 Å². The maximum absolute atomic E-state index is 12.2. The fourth-order valence-corrected chi connectivity index (χ4v) is 2.45. The molecule has 23 heavy (non-hydrogen) atoms. The molecule has 0 aromatic carbocycles. The first-order valence-corrected chi connectivity index (χ1v) is 7.29. The van der Waals surface area contributed by atoms with Crippen LogP contribution in [0.4, 0.5) is 11.4 Å². The van der Waals surface area contributed by atoms with Gasteiger partial charge in [-0.25, -0.2) is 4.98 Å². The molecular weight excluding hydrogens is 298 g/mol. The Morgan fingerprint density at radius 3 is 2.87 bits per heavy atom. The summed E-state index contributed by atoms with van der Waals surface area (Å²) in [6.07, 6.45) is 2.85. The molecule has 2 aromatic heterocycles. The van der Waals surface area contributed by atoms with Gasteiger partial charge in [-0.1, -0.05) is 0 Å². The number of aromatic nitrogens is 2. The van der Waals surface area contributed by atoms with Gasteiger partial charge in [-0.15, -0.1) is 0 Å². The Bertz CT molecular complexity index is 768. The number of rotatable bonds is 3. The van der Waals surface area contributed by atoms with Crippen molar-refractivity contribution in [3.8, 4) is 5.75 Å². The minimum Gasteiger partial charge on any atom is -0.505 e. The summed E-state index contributed by atoms with van der Waals surface area (Å²) >= 11 is 0. The zero-order chi connectivity index (χ0) is 16.2. The van der Waals surface area contributed by atoms with Gasteiger partial charge in [-0.05, 0) is 18.2 Å². The topological polar surface area (TPSA) is 110 Å². The third-order valence-electron chi connectivity index (χ3n) is 3.60. The largest absolute Gasteiger partial charge is 0.505 e. The number of nitrogens with one attached hydrogen (secondary N) is 3. The van der Waals surface area contributed by atoms with Gasteiger partial charge in [0.1, 0.15) is 11.4 Å². The Morgan fingerprint density at radius 2 is 2.13 bits per heavy atom. The maximum Gasteiger partial charge on any atom is 0.278 e. The van der Waals surface area contributed by atoms with E-state index in [0.29, 0.717) is 11.4 Å². The quantitative estimate of drug-likeness (QED) is 0.641. The smallest absolute Gasteiger partial charge is 0.278 e. The van der Waals surface area contributed by atoms with Crippen molar-refractivity contribution in [2.24, 2.45) is 0 Å². The number of piperazine rings is 1. The summed E-state index contributed by atoms with van der Waals surface area (Å²) in [4.78, 5) is 32.6. The first-order chi connectivity index (χ1) is 11.1. The first-order valence-electron chi connectivity index (χ1n) is 7.29. The normalized spacial score (nSPS) is 14.5. The second-order valence-electron chi connectivity index (χ2n) is 5.17. The SMILES string of the molecule is O=C(Nc1c[nH]c(=O)c(N2CCNCC2)c1)c1ncccc1O. The van der Waals surface area contributed by atoms with Crippen LogP contribution < -0.4 is 21.1 Å². The number of hydrogen-bond donors (Lipinski definition) is 4. The molecule has 120 valence electrons. The highest BCUT2D eigenvalue weighted by Gasteiger charge is 2.16. The molecule has 1 fully saturated rings.